The zero-order chi connectivity index (χ0) is 16.5. The van der Waals surface area contributed by atoms with Crippen LogP contribution in [0.1, 0.15) is 45.1 Å². The highest BCUT2D eigenvalue weighted by Gasteiger charge is 2.24. The summed E-state index contributed by atoms with van der Waals surface area (Å²) in [5.41, 5.74) is 1.32. The summed E-state index contributed by atoms with van der Waals surface area (Å²) >= 11 is 0. The van der Waals surface area contributed by atoms with Gasteiger partial charge in [-0.05, 0) is 30.0 Å². The minimum Gasteiger partial charge on any atom is -0.491 e. The van der Waals surface area contributed by atoms with Gasteiger partial charge < -0.3 is 18.9 Å². The highest BCUT2D eigenvalue weighted by atomic mass is 16.6. The van der Waals surface area contributed by atoms with Crippen molar-refractivity contribution in [2.45, 2.75) is 51.7 Å². The third kappa shape index (κ3) is 7.34. The molecular weight excluding hydrogens is 292 g/mol. The summed E-state index contributed by atoms with van der Waals surface area (Å²) in [5.74, 6) is 1.41. The molecule has 0 amide bonds. The molecule has 1 aliphatic rings. The SMILES string of the molecule is CCCCOCC(COc1ccc(C(C)C)cc1)OCC1CO1. The van der Waals surface area contributed by atoms with Gasteiger partial charge in [-0.1, -0.05) is 39.3 Å². The average Bonchev–Trinajstić information content (AvgIpc) is 3.38. The van der Waals surface area contributed by atoms with E-state index in [0.29, 0.717) is 25.7 Å². The monoisotopic (exact) mass is 322 g/mol. The van der Waals surface area contributed by atoms with Crippen LogP contribution in [0, 0.1) is 0 Å². The van der Waals surface area contributed by atoms with Crippen molar-refractivity contribution in [3.63, 3.8) is 0 Å². The lowest BCUT2D eigenvalue weighted by Gasteiger charge is -2.18. The average molecular weight is 322 g/mol. The highest BCUT2D eigenvalue weighted by molar-refractivity contribution is 5.28. The van der Waals surface area contributed by atoms with Crippen molar-refractivity contribution in [1.82, 2.24) is 0 Å². The predicted molar refractivity (Wildman–Crippen MR) is 91.2 cm³/mol. The molecule has 0 bridgehead atoms. The molecule has 0 N–H and O–H groups in total. The summed E-state index contributed by atoms with van der Waals surface area (Å²) in [5, 5.41) is 0. The van der Waals surface area contributed by atoms with E-state index in [1.807, 2.05) is 12.1 Å². The standard InChI is InChI=1S/C19H30O4/c1-4-5-10-20-11-18(22-13-19-14-23-19)12-21-17-8-6-16(7-9-17)15(2)3/h6-9,15,18-19H,4-5,10-14H2,1-3H3. The van der Waals surface area contributed by atoms with Gasteiger partial charge in [-0.25, -0.2) is 0 Å². The van der Waals surface area contributed by atoms with Gasteiger partial charge in [0.2, 0.25) is 0 Å². The van der Waals surface area contributed by atoms with Crippen molar-refractivity contribution >= 4 is 0 Å². The summed E-state index contributed by atoms with van der Waals surface area (Å²) in [6.07, 6.45) is 2.43. The van der Waals surface area contributed by atoms with Crippen LogP contribution in [0.15, 0.2) is 24.3 Å². The smallest absolute Gasteiger partial charge is 0.119 e. The van der Waals surface area contributed by atoms with Crippen molar-refractivity contribution in [2.75, 3.05) is 33.0 Å². The van der Waals surface area contributed by atoms with Crippen LogP contribution in [0.3, 0.4) is 0 Å². The predicted octanol–water partition coefficient (Wildman–Crippen LogP) is 3.79. The molecule has 1 aromatic carbocycles. The summed E-state index contributed by atoms with van der Waals surface area (Å²) in [6, 6.07) is 8.28. The van der Waals surface area contributed by atoms with Crippen molar-refractivity contribution in [3.05, 3.63) is 29.8 Å². The molecule has 2 unspecified atom stereocenters. The largest absolute Gasteiger partial charge is 0.491 e. The van der Waals surface area contributed by atoms with Gasteiger partial charge in [-0.2, -0.15) is 0 Å². The van der Waals surface area contributed by atoms with Crippen molar-refractivity contribution in [1.29, 1.82) is 0 Å². The number of epoxide rings is 1. The third-order valence-electron chi connectivity index (χ3n) is 3.85. The van der Waals surface area contributed by atoms with Gasteiger partial charge >= 0.3 is 0 Å². The van der Waals surface area contributed by atoms with E-state index in [-0.39, 0.29) is 12.2 Å². The molecule has 0 radical (unpaired) electrons. The fourth-order valence-corrected chi connectivity index (χ4v) is 2.15. The summed E-state index contributed by atoms with van der Waals surface area (Å²) in [7, 11) is 0. The van der Waals surface area contributed by atoms with Gasteiger partial charge in [-0.3, -0.25) is 0 Å². The molecule has 1 saturated heterocycles. The minimum absolute atomic E-state index is 0.0548. The Balaban J connectivity index is 1.75. The van der Waals surface area contributed by atoms with Gasteiger partial charge in [-0.15, -0.1) is 0 Å². The molecular formula is C19H30O4. The van der Waals surface area contributed by atoms with Gasteiger partial charge in [0.1, 0.15) is 24.6 Å². The first-order valence-electron chi connectivity index (χ1n) is 8.72. The second kappa shape index (κ2) is 9.91. The van der Waals surface area contributed by atoms with E-state index in [4.69, 9.17) is 18.9 Å². The van der Waals surface area contributed by atoms with Crippen LogP contribution < -0.4 is 4.74 Å². The molecule has 4 nitrogen and oxygen atoms in total. The molecule has 0 saturated carbocycles. The molecule has 1 fully saturated rings. The lowest BCUT2D eigenvalue weighted by Crippen LogP contribution is -2.29. The maximum Gasteiger partial charge on any atom is 0.119 e. The van der Waals surface area contributed by atoms with Crippen molar-refractivity contribution in [3.8, 4) is 5.75 Å². The first-order valence-corrected chi connectivity index (χ1v) is 8.72. The topological polar surface area (TPSA) is 40.2 Å². The Morgan fingerprint density at radius 2 is 1.91 bits per heavy atom. The summed E-state index contributed by atoms with van der Waals surface area (Å²) in [6.45, 7) is 9.81. The molecule has 130 valence electrons. The van der Waals surface area contributed by atoms with Gasteiger partial charge in [0, 0.05) is 6.61 Å². The van der Waals surface area contributed by atoms with Crippen molar-refractivity contribution in [2.24, 2.45) is 0 Å². The first-order chi connectivity index (χ1) is 11.2. The van der Waals surface area contributed by atoms with Crippen molar-refractivity contribution < 1.29 is 18.9 Å². The Kier molecular flexibility index (Phi) is 7.86. The van der Waals surface area contributed by atoms with E-state index < -0.39 is 0 Å². The van der Waals surface area contributed by atoms with E-state index in [2.05, 4.69) is 32.9 Å². The molecule has 0 spiro atoms. The van der Waals surface area contributed by atoms with Gasteiger partial charge in [0.15, 0.2) is 0 Å². The zero-order valence-corrected chi connectivity index (χ0v) is 14.6. The molecule has 2 rings (SSSR count). The number of rotatable bonds is 12. The summed E-state index contributed by atoms with van der Waals surface area (Å²) < 4.78 is 22.6. The first kappa shape index (κ1) is 18.2. The second-order valence-electron chi connectivity index (χ2n) is 6.37. The maximum absolute atomic E-state index is 5.87. The van der Waals surface area contributed by atoms with Crippen LogP contribution in [0.4, 0.5) is 0 Å². The lowest BCUT2D eigenvalue weighted by atomic mass is 10.0. The maximum atomic E-state index is 5.87. The number of hydrogen-bond donors (Lipinski definition) is 0. The molecule has 1 aromatic rings. The number of benzene rings is 1. The Morgan fingerprint density at radius 3 is 2.52 bits per heavy atom. The zero-order valence-electron chi connectivity index (χ0n) is 14.6. The molecule has 4 heteroatoms. The van der Waals surface area contributed by atoms with Gasteiger partial charge in [0.05, 0.1) is 19.8 Å². The van der Waals surface area contributed by atoms with Crippen LogP contribution in [0.25, 0.3) is 0 Å². The number of unbranched alkanes of at least 4 members (excludes halogenated alkanes) is 1. The third-order valence-corrected chi connectivity index (χ3v) is 3.85. The van der Waals surface area contributed by atoms with E-state index in [0.717, 1.165) is 31.8 Å². The molecule has 1 heterocycles. The van der Waals surface area contributed by atoms with Crippen LogP contribution >= 0.6 is 0 Å². The second-order valence-corrected chi connectivity index (χ2v) is 6.37. The fraction of sp³-hybridized carbons (Fsp3) is 0.684. The Labute approximate surface area is 140 Å². The van der Waals surface area contributed by atoms with Crippen LogP contribution in [-0.2, 0) is 14.2 Å². The van der Waals surface area contributed by atoms with E-state index in [1.54, 1.807) is 0 Å². The number of ether oxygens (including phenoxy) is 4. The van der Waals surface area contributed by atoms with Crippen LogP contribution in [0.2, 0.25) is 0 Å². The van der Waals surface area contributed by atoms with Gasteiger partial charge in [0.25, 0.3) is 0 Å². The van der Waals surface area contributed by atoms with E-state index >= 15 is 0 Å². The number of hydrogen-bond acceptors (Lipinski definition) is 4. The Morgan fingerprint density at radius 1 is 1.17 bits per heavy atom. The lowest BCUT2D eigenvalue weighted by molar-refractivity contribution is -0.0417. The molecule has 0 aliphatic carbocycles. The molecule has 2 atom stereocenters. The highest BCUT2D eigenvalue weighted by Crippen LogP contribution is 2.19. The molecule has 23 heavy (non-hydrogen) atoms. The fourth-order valence-electron chi connectivity index (χ4n) is 2.15. The van der Waals surface area contributed by atoms with Crippen LogP contribution in [-0.4, -0.2) is 45.2 Å². The normalized spacial score (nSPS) is 18.2. The van der Waals surface area contributed by atoms with E-state index in [9.17, 15) is 0 Å². The minimum atomic E-state index is -0.0548. The summed E-state index contributed by atoms with van der Waals surface area (Å²) in [4.78, 5) is 0. The van der Waals surface area contributed by atoms with Crippen LogP contribution in [0.5, 0.6) is 5.75 Å². The molecule has 1 aliphatic heterocycles. The Bertz CT molecular complexity index is 426. The molecule has 0 aromatic heterocycles. The quantitative estimate of drug-likeness (QED) is 0.434. The van der Waals surface area contributed by atoms with E-state index in [1.165, 1.54) is 5.56 Å². The Hall–Kier alpha value is -1.10.